The summed E-state index contributed by atoms with van der Waals surface area (Å²) >= 11 is 0. The van der Waals surface area contributed by atoms with E-state index in [9.17, 15) is 19.5 Å². The van der Waals surface area contributed by atoms with Crippen molar-refractivity contribution in [2.24, 2.45) is 0 Å². The van der Waals surface area contributed by atoms with E-state index in [4.69, 9.17) is 14.2 Å². The van der Waals surface area contributed by atoms with E-state index in [0.717, 1.165) is 38.5 Å². The normalized spacial score (nSPS) is 12.8. The number of carboxylic acid groups (broad SMARTS) is 1. The summed E-state index contributed by atoms with van der Waals surface area (Å²) in [5.41, 5.74) is 0. The number of rotatable bonds is 47. The van der Waals surface area contributed by atoms with Crippen molar-refractivity contribution in [3.8, 4) is 0 Å². The molecule has 0 aliphatic rings. The van der Waals surface area contributed by atoms with E-state index >= 15 is 0 Å². The fourth-order valence-corrected chi connectivity index (χ4v) is 8.04. The molecule has 8 nitrogen and oxygen atoms in total. The Bertz CT molecular complexity index is 936. The lowest BCUT2D eigenvalue weighted by Gasteiger charge is -2.31. The van der Waals surface area contributed by atoms with Crippen LogP contribution in [-0.4, -0.2) is 80.6 Å². The lowest BCUT2D eigenvalue weighted by atomic mass is 10.0. The van der Waals surface area contributed by atoms with Gasteiger partial charge in [0.2, 0.25) is 0 Å². The molecule has 0 saturated heterocycles. The zero-order chi connectivity index (χ0) is 43.5. The highest BCUT2D eigenvalue weighted by molar-refractivity contribution is 5.72. The van der Waals surface area contributed by atoms with Crippen LogP contribution in [-0.2, 0) is 28.6 Å². The van der Waals surface area contributed by atoms with E-state index in [1.807, 2.05) is 21.1 Å². The van der Waals surface area contributed by atoms with Crippen molar-refractivity contribution in [3.05, 3.63) is 0 Å². The molecule has 0 aromatic rings. The summed E-state index contributed by atoms with van der Waals surface area (Å²) in [4.78, 5) is 37.1. The summed E-state index contributed by atoms with van der Waals surface area (Å²) in [6, 6.07) is -0.608. The maximum Gasteiger partial charge on any atom is 0.362 e. The van der Waals surface area contributed by atoms with Gasteiger partial charge in [0.1, 0.15) is 6.61 Å². The minimum atomic E-state index is -0.869. The van der Waals surface area contributed by atoms with Crippen molar-refractivity contribution < 1.29 is 38.2 Å². The minimum Gasteiger partial charge on any atom is -0.477 e. The van der Waals surface area contributed by atoms with Gasteiger partial charge >= 0.3 is 17.9 Å². The van der Waals surface area contributed by atoms with E-state index in [2.05, 4.69) is 13.8 Å². The third-order valence-corrected chi connectivity index (χ3v) is 12.0. The molecule has 2 unspecified atom stereocenters. The number of carboxylic acids is 1. The molecule has 0 amide bonds. The van der Waals surface area contributed by atoms with E-state index in [-0.39, 0.29) is 36.2 Å². The third kappa shape index (κ3) is 41.5. The molecule has 8 heteroatoms. The smallest absolute Gasteiger partial charge is 0.362 e. The van der Waals surface area contributed by atoms with E-state index < -0.39 is 18.1 Å². The standard InChI is InChI=1S/C51H99NO7/c1-6-8-10-12-14-16-18-20-22-23-24-25-26-28-29-31-33-35-37-39-41-49(53)58-46-47(45-57-44-43-48(51(55)56)52(3,4)5)59-50(54)42-40-38-36-34-32-30-27-21-19-17-15-13-11-9-7-2/h47-48H,6-46H2,1-5H3/p+1. The Kier molecular flexibility index (Phi) is 41.8. The quantitative estimate of drug-likeness (QED) is 0.0370. The number of aliphatic carboxylic acids is 1. The minimum absolute atomic E-state index is 0.0414. The maximum atomic E-state index is 12.8. The van der Waals surface area contributed by atoms with Gasteiger partial charge in [0.25, 0.3) is 0 Å². The highest BCUT2D eigenvalue weighted by atomic mass is 16.6. The van der Waals surface area contributed by atoms with Crippen LogP contribution >= 0.6 is 0 Å². The number of nitrogens with zero attached hydrogens (tertiary/aromatic N) is 1. The van der Waals surface area contributed by atoms with Gasteiger partial charge in [-0.25, -0.2) is 4.79 Å². The van der Waals surface area contributed by atoms with Crippen LogP contribution < -0.4 is 0 Å². The van der Waals surface area contributed by atoms with Crippen LogP contribution in [0.2, 0.25) is 0 Å². The van der Waals surface area contributed by atoms with Crippen LogP contribution in [0.3, 0.4) is 0 Å². The average molecular weight is 839 g/mol. The molecular formula is C51H100NO7+. The topological polar surface area (TPSA) is 99.1 Å². The number of unbranched alkanes of at least 4 members (excludes halogenated alkanes) is 33. The molecule has 59 heavy (non-hydrogen) atoms. The predicted octanol–water partition coefficient (Wildman–Crippen LogP) is 14.5. The first-order chi connectivity index (χ1) is 28.6. The van der Waals surface area contributed by atoms with Crippen LogP contribution in [0, 0.1) is 0 Å². The molecular weight excluding hydrogens is 739 g/mol. The molecule has 2 atom stereocenters. The Hall–Kier alpha value is -1.67. The van der Waals surface area contributed by atoms with Gasteiger partial charge in [0.05, 0.1) is 34.4 Å². The summed E-state index contributed by atoms with van der Waals surface area (Å²) in [5.74, 6) is -1.44. The van der Waals surface area contributed by atoms with Gasteiger partial charge in [-0.3, -0.25) is 9.59 Å². The fraction of sp³-hybridized carbons (Fsp3) is 0.941. The number of carbonyl (C=O) groups excluding carboxylic acids is 2. The van der Waals surface area contributed by atoms with Crippen LogP contribution in [0.5, 0.6) is 0 Å². The van der Waals surface area contributed by atoms with Crippen LogP contribution in [0.25, 0.3) is 0 Å². The number of likely N-dealkylation sites (N-methyl/N-ethyl adjacent to an activating group) is 1. The summed E-state index contributed by atoms with van der Waals surface area (Å²) in [6.45, 7) is 4.80. The van der Waals surface area contributed by atoms with E-state index in [1.54, 1.807) is 0 Å². The second-order valence-corrected chi connectivity index (χ2v) is 18.8. The highest BCUT2D eigenvalue weighted by Gasteiger charge is 2.31. The summed E-state index contributed by atoms with van der Waals surface area (Å²) in [5, 5.41) is 9.64. The Morgan fingerprint density at radius 1 is 0.441 bits per heavy atom. The summed E-state index contributed by atoms with van der Waals surface area (Å²) < 4.78 is 17.4. The number of carbonyl (C=O) groups is 3. The van der Waals surface area contributed by atoms with Crippen molar-refractivity contribution >= 4 is 17.9 Å². The predicted molar refractivity (Wildman–Crippen MR) is 248 cm³/mol. The van der Waals surface area contributed by atoms with Gasteiger partial charge in [-0.15, -0.1) is 0 Å². The third-order valence-electron chi connectivity index (χ3n) is 12.0. The lowest BCUT2D eigenvalue weighted by molar-refractivity contribution is -0.887. The SMILES string of the molecule is CCCCCCCCCCCCCCCCCCCCCCC(=O)OCC(COCCC(C(=O)O)[N+](C)(C)C)OC(=O)CCCCCCCCCCCCCCCCC. The van der Waals surface area contributed by atoms with Crippen molar-refractivity contribution in [3.63, 3.8) is 0 Å². The molecule has 350 valence electrons. The van der Waals surface area contributed by atoms with Crippen LogP contribution in [0.4, 0.5) is 0 Å². The Morgan fingerprint density at radius 2 is 0.746 bits per heavy atom. The first kappa shape index (κ1) is 57.3. The number of hydrogen-bond donors (Lipinski definition) is 1. The number of ether oxygens (including phenoxy) is 3. The first-order valence-corrected chi connectivity index (χ1v) is 25.6. The average Bonchev–Trinajstić information content (AvgIpc) is 3.19. The molecule has 0 bridgehead atoms. The number of esters is 2. The molecule has 0 heterocycles. The van der Waals surface area contributed by atoms with Crippen LogP contribution in [0.15, 0.2) is 0 Å². The molecule has 0 fully saturated rings. The zero-order valence-corrected chi connectivity index (χ0v) is 40.0. The zero-order valence-electron chi connectivity index (χ0n) is 40.0. The molecule has 0 aliphatic heterocycles. The maximum absolute atomic E-state index is 12.8. The van der Waals surface area contributed by atoms with Crippen LogP contribution in [0.1, 0.15) is 258 Å². The highest BCUT2D eigenvalue weighted by Crippen LogP contribution is 2.17. The van der Waals surface area contributed by atoms with Crippen molar-refractivity contribution in [1.29, 1.82) is 0 Å². The largest absolute Gasteiger partial charge is 0.477 e. The first-order valence-electron chi connectivity index (χ1n) is 25.6. The number of quaternary nitrogens is 1. The Labute approximate surface area is 366 Å². The van der Waals surface area contributed by atoms with Gasteiger partial charge < -0.3 is 23.8 Å². The van der Waals surface area contributed by atoms with Gasteiger partial charge in [0, 0.05) is 19.3 Å². The molecule has 0 aromatic heterocycles. The van der Waals surface area contributed by atoms with E-state index in [1.165, 1.54) is 186 Å². The molecule has 0 saturated carbocycles. The molecule has 1 N–H and O–H groups in total. The Morgan fingerprint density at radius 3 is 1.05 bits per heavy atom. The van der Waals surface area contributed by atoms with Gasteiger partial charge in [-0.05, 0) is 12.8 Å². The molecule has 0 aliphatic carbocycles. The summed E-state index contributed by atoms with van der Waals surface area (Å²) in [6.07, 6.45) is 45.7. The summed E-state index contributed by atoms with van der Waals surface area (Å²) in [7, 11) is 5.55. The second-order valence-electron chi connectivity index (χ2n) is 18.8. The second kappa shape index (κ2) is 43.0. The fourth-order valence-electron chi connectivity index (χ4n) is 8.04. The van der Waals surface area contributed by atoms with Gasteiger partial charge in [-0.1, -0.05) is 226 Å². The Balaban J connectivity index is 4.17. The molecule has 0 rings (SSSR count). The number of hydrogen-bond acceptors (Lipinski definition) is 6. The van der Waals surface area contributed by atoms with E-state index in [0.29, 0.717) is 19.3 Å². The van der Waals surface area contributed by atoms with Gasteiger partial charge in [-0.2, -0.15) is 0 Å². The monoisotopic (exact) mass is 839 g/mol. The van der Waals surface area contributed by atoms with Crippen molar-refractivity contribution in [2.45, 2.75) is 270 Å². The van der Waals surface area contributed by atoms with Gasteiger partial charge in [0.15, 0.2) is 12.1 Å². The van der Waals surface area contributed by atoms with Crippen molar-refractivity contribution in [2.75, 3.05) is 41.0 Å². The molecule has 0 radical (unpaired) electrons. The molecule has 0 aromatic carbocycles. The van der Waals surface area contributed by atoms with Crippen molar-refractivity contribution in [1.82, 2.24) is 0 Å². The lowest BCUT2D eigenvalue weighted by Crippen LogP contribution is -2.50. The molecule has 0 spiro atoms.